The molecule has 0 unspecified atom stereocenters. The second kappa shape index (κ2) is 6.98. The van der Waals surface area contributed by atoms with Gasteiger partial charge in [-0.25, -0.2) is 8.42 Å². The Balaban J connectivity index is 1.71. The predicted molar refractivity (Wildman–Crippen MR) is 96.5 cm³/mol. The van der Waals surface area contributed by atoms with Crippen LogP contribution in [0.1, 0.15) is 23.6 Å². The monoisotopic (exact) mass is 358 g/mol. The molecule has 1 heterocycles. The number of aryl methyl sites for hydroxylation is 1. The molecule has 1 amide bonds. The number of nitrogens with zero attached hydrogens (tertiary/aromatic N) is 1. The van der Waals surface area contributed by atoms with Crippen LogP contribution in [0.3, 0.4) is 0 Å². The number of hydrogen-bond donors (Lipinski definition) is 1. The molecular formula is C19H22N2O3S. The highest BCUT2D eigenvalue weighted by atomic mass is 32.2. The Kier molecular flexibility index (Phi) is 4.92. The lowest BCUT2D eigenvalue weighted by Gasteiger charge is -2.31. The van der Waals surface area contributed by atoms with Crippen molar-refractivity contribution in [3.63, 3.8) is 0 Å². The zero-order chi connectivity index (χ0) is 18.0. The molecule has 1 aliphatic heterocycles. The highest BCUT2D eigenvalue weighted by Crippen LogP contribution is 2.19. The molecule has 6 heteroatoms. The summed E-state index contributed by atoms with van der Waals surface area (Å²) in [6, 6.07) is 13.9. The molecule has 2 aromatic carbocycles. The first kappa shape index (κ1) is 17.6. The van der Waals surface area contributed by atoms with E-state index in [-0.39, 0.29) is 10.8 Å². The average molecular weight is 358 g/mol. The van der Waals surface area contributed by atoms with Gasteiger partial charge in [-0.1, -0.05) is 36.4 Å². The van der Waals surface area contributed by atoms with E-state index in [1.54, 1.807) is 24.0 Å². The molecule has 2 aromatic rings. The summed E-state index contributed by atoms with van der Waals surface area (Å²) in [7, 11) is -3.72. The SMILES string of the molecule is Cc1cccc(S(=O)(=O)N[C@@H](C)C(=O)N2CCc3ccccc3C2)c1. The maximum absolute atomic E-state index is 12.7. The summed E-state index contributed by atoms with van der Waals surface area (Å²) in [6.07, 6.45) is 0.791. The number of carbonyl (C=O) groups excluding carboxylic acids is 1. The van der Waals surface area contributed by atoms with Gasteiger partial charge in [0, 0.05) is 13.1 Å². The van der Waals surface area contributed by atoms with Crippen molar-refractivity contribution in [2.45, 2.75) is 37.8 Å². The van der Waals surface area contributed by atoms with Crippen LogP contribution in [-0.4, -0.2) is 31.8 Å². The van der Waals surface area contributed by atoms with E-state index < -0.39 is 16.1 Å². The Bertz CT molecular complexity index is 893. The third kappa shape index (κ3) is 3.91. The zero-order valence-electron chi connectivity index (χ0n) is 14.4. The molecule has 0 radical (unpaired) electrons. The lowest BCUT2D eigenvalue weighted by atomic mass is 9.99. The molecule has 0 aromatic heterocycles. The van der Waals surface area contributed by atoms with E-state index in [2.05, 4.69) is 10.8 Å². The number of fused-ring (bicyclic) bond motifs is 1. The number of hydrogen-bond acceptors (Lipinski definition) is 3. The Labute approximate surface area is 148 Å². The summed E-state index contributed by atoms with van der Waals surface area (Å²) in [4.78, 5) is 14.6. The normalized spacial score (nSPS) is 15.5. The van der Waals surface area contributed by atoms with E-state index in [1.807, 2.05) is 31.2 Å². The van der Waals surface area contributed by atoms with Crippen LogP contribution in [0, 0.1) is 6.92 Å². The van der Waals surface area contributed by atoms with Crippen molar-refractivity contribution in [3.05, 3.63) is 65.2 Å². The zero-order valence-corrected chi connectivity index (χ0v) is 15.2. The third-order valence-corrected chi connectivity index (χ3v) is 5.98. The van der Waals surface area contributed by atoms with Crippen LogP contribution >= 0.6 is 0 Å². The minimum atomic E-state index is -3.72. The second-order valence-corrected chi connectivity index (χ2v) is 8.15. The van der Waals surface area contributed by atoms with Gasteiger partial charge in [-0.2, -0.15) is 4.72 Å². The van der Waals surface area contributed by atoms with Crippen molar-refractivity contribution in [3.8, 4) is 0 Å². The lowest BCUT2D eigenvalue weighted by molar-refractivity contribution is -0.133. The molecule has 0 spiro atoms. The highest BCUT2D eigenvalue weighted by molar-refractivity contribution is 7.89. The minimum absolute atomic E-state index is 0.177. The van der Waals surface area contributed by atoms with Crippen molar-refractivity contribution in [2.75, 3.05) is 6.54 Å². The van der Waals surface area contributed by atoms with Crippen molar-refractivity contribution in [2.24, 2.45) is 0 Å². The Morgan fingerprint density at radius 2 is 1.84 bits per heavy atom. The molecule has 132 valence electrons. The fourth-order valence-corrected chi connectivity index (χ4v) is 4.39. The number of sulfonamides is 1. The van der Waals surface area contributed by atoms with Crippen LogP contribution in [0.5, 0.6) is 0 Å². The van der Waals surface area contributed by atoms with Crippen LogP contribution in [0.4, 0.5) is 0 Å². The average Bonchev–Trinajstić information content (AvgIpc) is 2.60. The Hall–Kier alpha value is -2.18. The molecule has 0 saturated heterocycles. The van der Waals surface area contributed by atoms with Gasteiger partial charge >= 0.3 is 0 Å². The summed E-state index contributed by atoms with van der Waals surface area (Å²) in [5, 5.41) is 0. The number of rotatable bonds is 4. The summed E-state index contributed by atoms with van der Waals surface area (Å²) in [6.45, 7) is 4.55. The molecule has 1 aliphatic rings. The molecule has 1 N–H and O–H groups in total. The van der Waals surface area contributed by atoms with Gasteiger partial charge in [0.25, 0.3) is 0 Å². The van der Waals surface area contributed by atoms with Gasteiger partial charge in [0.2, 0.25) is 15.9 Å². The molecule has 0 fully saturated rings. The van der Waals surface area contributed by atoms with Crippen molar-refractivity contribution in [1.29, 1.82) is 0 Å². The topological polar surface area (TPSA) is 66.5 Å². The molecule has 25 heavy (non-hydrogen) atoms. The van der Waals surface area contributed by atoms with Crippen LogP contribution in [0.2, 0.25) is 0 Å². The maximum atomic E-state index is 12.7. The number of carbonyl (C=O) groups is 1. The Morgan fingerprint density at radius 3 is 2.56 bits per heavy atom. The summed E-state index contributed by atoms with van der Waals surface area (Å²) in [5.41, 5.74) is 3.23. The van der Waals surface area contributed by atoms with Gasteiger partial charge < -0.3 is 4.90 Å². The summed E-state index contributed by atoms with van der Waals surface area (Å²) < 4.78 is 27.5. The molecule has 5 nitrogen and oxygen atoms in total. The molecule has 3 rings (SSSR count). The van der Waals surface area contributed by atoms with Gasteiger partial charge in [0.15, 0.2) is 0 Å². The van der Waals surface area contributed by atoms with E-state index in [4.69, 9.17) is 0 Å². The third-order valence-electron chi connectivity index (χ3n) is 4.44. The van der Waals surface area contributed by atoms with Crippen LogP contribution in [-0.2, 0) is 27.8 Å². The van der Waals surface area contributed by atoms with Gasteiger partial charge in [-0.15, -0.1) is 0 Å². The van der Waals surface area contributed by atoms with Crippen molar-refractivity contribution in [1.82, 2.24) is 9.62 Å². The maximum Gasteiger partial charge on any atom is 0.241 e. The molecule has 0 aliphatic carbocycles. The quantitative estimate of drug-likeness (QED) is 0.912. The summed E-state index contributed by atoms with van der Waals surface area (Å²) >= 11 is 0. The first-order valence-electron chi connectivity index (χ1n) is 8.31. The number of amides is 1. The van der Waals surface area contributed by atoms with Crippen molar-refractivity contribution < 1.29 is 13.2 Å². The van der Waals surface area contributed by atoms with Gasteiger partial charge in [0.1, 0.15) is 0 Å². The van der Waals surface area contributed by atoms with Crippen molar-refractivity contribution >= 4 is 15.9 Å². The minimum Gasteiger partial charge on any atom is -0.337 e. The largest absolute Gasteiger partial charge is 0.337 e. The van der Waals surface area contributed by atoms with E-state index in [0.29, 0.717) is 13.1 Å². The van der Waals surface area contributed by atoms with E-state index in [9.17, 15) is 13.2 Å². The van der Waals surface area contributed by atoms with E-state index in [0.717, 1.165) is 17.5 Å². The second-order valence-electron chi connectivity index (χ2n) is 6.44. The van der Waals surface area contributed by atoms with E-state index in [1.165, 1.54) is 11.6 Å². The fourth-order valence-electron chi connectivity index (χ4n) is 3.09. The molecule has 1 atom stereocenters. The molecule has 0 saturated carbocycles. The standard InChI is InChI=1S/C19H22N2O3S/c1-14-6-5-9-18(12-14)25(23,24)20-15(2)19(22)21-11-10-16-7-3-4-8-17(16)13-21/h3-9,12,15,20H,10-11,13H2,1-2H3/t15-/m0/s1. The lowest BCUT2D eigenvalue weighted by Crippen LogP contribution is -2.48. The Morgan fingerprint density at radius 1 is 1.12 bits per heavy atom. The van der Waals surface area contributed by atoms with Gasteiger partial charge in [0.05, 0.1) is 10.9 Å². The first-order chi connectivity index (χ1) is 11.9. The fraction of sp³-hybridized carbons (Fsp3) is 0.316. The van der Waals surface area contributed by atoms with Gasteiger partial charge in [-0.3, -0.25) is 4.79 Å². The number of benzene rings is 2. The van der Waals surface area contributed by atoms with Gasteiger partial charge in [-0.05, 0) is 49.1 Å². The summed E-state index contributed by atoms with van der Waals surface area (Å²) in [5.74, 6) is -0.203. The molecular weight excluding hydrogens is 336 g/mol. The van der Waals surface area contributed by atoms with E-state index >= 15 is 0 Å². The first-order valence-corrected chi connectivity index (χ1v) is 9.80. The van der Waals surface area contributed by atoms with Crippen LogP contribution in [0.25, 0.3) is 0 Å². The molecule has 0 bridgehead atoms. The smallest absolute Gasteiger partial charge is 0.241 e. The van der Waals surface area contributed by atoms with Crippen LogP contribution < -0.4 is 4.72 Å². The highest BCUT2D eigenvalue weighted by Gasteiger charge is 2.28. The predicted octanol–water partition coefficient (Wildman–Crippen LogP) is 2.25. The van der Waals surface area contributed by atoms with Crippen LogP contribution in [0.15, 0.2) is 53.4 Å². The number of nitrogens with one attached hydrogen (secondary N) is 1.